The van der Waals surface area contributed by atoms with E-state index in [9.17, 15) is 4.39 Å². The van der Waals surface area contributed by atoms with Gasteiger partial charge in [0.1, 0.15) is 24.3 Å². The van der Waals surface area contributed by atoms with Crippen LogP contribution in [0.25, 0.3) is 0 Å². The van der Waals surface area contributed by atoms with Crippen LogP contribution in [0.1, 0.15) is 38.8 Å². The van der Waals surface area contributed by atoms with Gasteiger partial charge in [-0.05, 0) is 39.0 Å². The average Bonchev–Trinajstić information content (AvgIpc) is 3.10. The molecule has 25 heavy (non-hydrogen) atoms. The van der Waals surface area contributed by atoms with Crippen molar-refractivity contribution >= 4 is 12.3 Å². The van der Waals surface area contributed by atoms with Crippen molar-refractivity contribution in [1.82, 2.24) is 10.2 Å². The fourth-order valence-corrected chi connectivity index (χ4v) is 2.73. The lowest BCUT2D eigenvalue weighted by Crippen LogP contribution is -2.36. The molecular formula is C18H25FN4O2. The Balaban J connectivity index is 1.65. The van der Waals surface area contributed by atoms with Crippen molar-refractivity contribution in [2.24, 2.45) is 9.98 Å². The van der Waals surface area contributed by atoms with Crippen LogP contribution >= 0.6 is 0 Å². The monoisotopic (exact) mass is 348 g/mol. The minimum Gasteiger partial charge on any atom is -0.488 e. The number of ether oxygens (including phenoxy) is 2. The third kappa shape index (κ3) is 4.48. The summed E-state index contributed by atoms with van der Waals surface area (Å²) in [6, 6.07) is 4.90. The van der Waals surface area contributed by atoms with E-state index in [1.54, 1.807) is 18.5 Å². The molecule has 2 aliphatic heterocycles. The summed E-state index contributed by atoms with van der Waals surface area (Å²) in [6.07, 6.45) is 2.66. The van der Waals surface area contributed by atoms with Crippen LogP contribution in [-0.4, -0.2) is 49.2 Å². The van der Waals surface area contributed by atoms with E-state index in [-0.39, 0.29) is 18.0 Å². The maximum absolute atomic E-state index is 14.2. The highest BCUT2D eigenvalue weighted by atomic mass is 19.1. The summed E-state index contributed by atoms with van der Waals surface area (Å²) in [7, 11) is 0. The molecule has 2 heterocycles. The van der Waals surface area contributed by atoms with Crippen molar-refractivity contribution in [1.29, 1.82) is 0 Å². The molecule has 0 unspecified atom stereocenters. The summed E-state index contributed by atoms with van der Waals surface area (Å²) in [5.41, 5.74) is 0.528. The number of halogens is 1. The molecule has 1 aromatic rings. The van der Waals surface area contributed by atoms with Gasteiger partial charge >= 0.3 is 0 Å². The van der Waals surface area contributed by atoms with E-state index in [0.29, 0.717) is 43.2 Å². The Hall–Kier alpha value is -2.15. The summed E-state index contributed by atoms with van der Waals surface area (Å²) in [5.74, 6) is 0.888. The number of guanidine groups is 1. The fraction of sp³-hybridized carbons (Fsp3) is 0.556. The highest BCUT2D eigenvalue weighted by Crippen LogP contribution is 2.25. The van der Waals surface area contributed by atoms with Crippen LogP contribution in [-0.2, 0) is 4.74 Å². The van der Waals surface area contributed by atoms with E-state index in [1.165, 1.54) is 6.07 Å². The number of nitrogens with zero attached hydrogens (tertiary/aromatic N) is 3. The normalized spacial score (nSPS) is 21.4. The summed E-state index contributed by atoms with van der Waals surface area (Å²) in [4.78, 5) is 10.7. The van der Waals surface area contributed by atoms with Gasteiger partial charge in [0.15, 0.2) is 0 Å². The molecule has 0 saturated carbocycles. The second-order valence-electron chi connectivity index (χ2n) is 6.63. The number of hydrogen-bond acceptors (Lipinski definition) is 6. The molecule has 1 saturated heterocycles. The lowest BCUT2D eigenvalue weighted by molar-refractivity contribution is 0.141. The van der Waals surface area contributed by atoms with Crippen LogP contribution in [0.4, 0.5) is 4.39 Å². The van der Waals surface area contributed by atoms with E-state index >= 15 is 0 Å². The van der Waals surface area contributed by atoms with E-state index < -0.39 is 0 Å². The third-order valence-electron chi connectivity index (χ3n) is 4.35. The quantitative estimate of drug-likeness (QED) is 0.889. The number of aliphatic imine (C=N–C) groups is 2. The van der Waals surface area contributed by atoms with E-state index in [0.717, 1.165) is 6.42 Å². The van der Waals surface area contributed by atoms with Crippen LogP contribution in [0.2, 0.25) is 0 Å². The largest absolute Gasteiger partial charge is 0.488 e. The van der Waals surface area contributed by atoms with Gasteiger partial charge < -0.3 is 19.7 Å². The Morgan fingerprint density at radius 3 is 2.84 bits per heavy atom. The van der Waals surface area contributed by atoms with E-state index in [4.69, 9.17) is 9.47 Å². The number of nitrogens with one attached hydrogen (secondary N) is 1. The molecule has 6 nitrogen and oxygen atoms in total. The zero-order valence-electron chi connectivity index (χ0n) is 14.9. The van der Waals surface area contributed by atoms with Gasteiger partial charge in [-0.25, -0.2) is 14.4 Å². The van der Waals surface area contributed by atoms with Gasteiger partial charge in [-0.1, -0.05) is 0 Å². The third-order valence-corrected chi connectivity index (χ3v) is 4.35. The van der Waals surface area contributed by atoms with Gasteiger partial charge in [0.2, 0.25) is 5.96 Å². The maximum atomic E-state index is 14.2. The molecule has 0 bridgehead atoms. The summed E-state index contributed by atoms with van der Waals surface area (Å²) >= 11 is 0. The molecule has 1 aromatic carbocycles. The number of benzene rings is 1. The first-order chi connectivity index (χ1) is 12.0. The Kier molecular flexibility index (Phi) is 5.53. The molecule has 0 radical (unpaired) electrons. The van der Waals surface area contributed by atoms with Crippen LogP contribution < -0.4 is 10.1 Å². The maximum Gasteiger partial charge on any atom is 0.221 e. The minimum absolute atomic E-state index is 0.0379. The first-order valence-corrected chi connectivity index (χ1v) is 8.67. The Morgan fingerprint density at radius 2 is 2.20 bits per heavy atom. The molecule has 3 rings (SSSR count). The molecule has 1 fully saturated rings. The topological polar surface area (TPSA) is 58.5 Å². The Labute approximate surface area is 147 Å². The first-order valence-electron chi connectivity index (χ1n) is 8.67. The van der Waals surface area contributed by atoms with Crippen molar-refractivity contribution in [3.63, 3.8) is 0 Å². The smallest absolute Gasteiger partial charge is 0.221 e. The van der Waals surface area contributed by atoms with Crippen LogP contribution in [0, 0.1) is 5.82 Å². The molecule has 0 spiro atoms. The standard InChI is InChI=1S/C18H25FN4O2/c1-12(2)23-10-20-18(21-11-23)22-13(3)16-8-14(4-5-17(16)19)25-15-6-7-24-9-15/h4-5,8,10,12-13,15H,6-7,9,11H2,1-3H3,(H,21,22)/t13-,15-/m0/s1. The SMILES string of the molecule is CC(C)N1C=NC(N[C@@H](C)c2cc(O[C@H]3CCOC3)ccc2F)=NC1. The highest BCUT2D eigenvalue weighted by Gasteiger charge is 2.20. The first kappa shape index (κ1) is 17.7. The number of rotatable bonds is 5. The molecule has 136 valence electrons. The van der Waals surface area contributed by atoms with E-state index in [1.807, 2.05) is 11.8 Å². The lowest BCUT2D eigenvalue weighted by Gasteiger charge is -2.26. The molecule has 0 aromatic heterocycles. The van der Waals surface area contributed by atoms with Crippen LogP contribution in [0.15, 0.2) is 28.2 Å². The lowest BCUT2D eigenvalue weighted by atomic mass is 10.1. The van der Waals surface area contributed by atoms with Gasteiger partial charge in [-0.2, -0.15) is 0 Å². The minimum atomic E-state index is -0.279. The van der Waals surface area contributed by atoms with Crippen LogP contribution in [0.3, 0.4) is 0 Å². The Bertz CT molecular complexity index is 656. The second kappa shape index (κ2) is 7.82. The molecule has 7 heteroatoms. The predicted molar refractivity (Wildman–Crippen MR) is 95.6 cm³/mol. The zero-order chi connectivity index (χ0) is 17.8. The van der Waals surface area contributed by atoms with Crippen molar-refractivity contribution < 1.29 is 13.9 Å². The van der Waals surface area contributed by atoms with Gasteiger partial charge in [0.05, 0.1) is 25.6 Å². The van der Waals surface area contributed by atoms with Crippen molar-refractivity contribution in [2.75, 3.05) is 19.9 Å². The van der Waals surface area contributed by atoms with Gasteiger partial charge in [-0.15, -0.1) is 0 Å². The summed E-state index contributed by atoms with van der Waals surface area (Å²) in [6.45, 7) is 7.88. The van der Waals surface area contributed by atoms with Crippen molar-refractivity contribution in [3.05, 3.63) is 29.6 Å². The van der Waals surface area contributed by atoms with E-state index in [2.05, 4.69) is 29.1 Å². The fourth-order valence-electron chi connectivity index (χ4n) is 2.73. The number of hydrogen-bond donors (Lipinski definition) is 1. The molecule has 2 atom stereocenters. The molecule has 2 aliphatic rings. The molecule has 0 aliphatic carbocycles. The van der Waals surface area contributed by atoms with Crippen LogP contribution in [0.5, 0.6) is 5.75 Å². The zero-order valence-corrected chi connectivity index (χ0v) is 14.9. The van der Waals surface area contributed by atoms with Crippen molar-refractivity contribution in [2.45, 2.75) is 45.4 Å². The van der Waals surface area contributed by atoms with Crippen molar-refractivity contribution in [3.8, 4) is 5.75 Å². The average molecular weight is 348 g/mol. The molecular weight excluding hydrogens is 323 g/mol. The Morgan fingerprint density at radius 1 is 1.36 bits per heavy atom. The highest BCUT2D eigenvalue weighted by molar-refractivity contribution is 5.89. The van der Waals surface area contributed by atoms with Gasteiger partial charge in [0, 0.05) is 18.0 Å². The summed E-state index contributed by atoms with van der Waals surface area (Å²) in [5, 5.41) is 3.16. The van der Waals surface area contributed by atoms with Gasteiger partial charge in [-0.3, -0.25) is 0 Å². The molecule has 0 amide bonds. The predicted octanol–water partition coefficient (Wildman–Crippen LogP) is 2.71. The second-order valence-corrected chi connectivity index (χ2v) is 6.63. The molecule has 1 N–H and O–H groups in total. The van der Waals surface area contributed by atoms with Gasteiger partial charge in [0.25, 0.3) is 0 Å². The summed E-state index contributed by atoms with van der Waals surface area (Å²) < 4.78 is 25.4.